The number of rotatable bonds is 4. The van der Waals surface area contributed by atoms with Crippen molar-refractivity contribution < 1.29 is 14.3 Å². The van der Waals surface area contributed by atoms with Crippen LogP contribution in [0.15, 0.2) is 48.5 Å². The number of benzene rings is 2. The fourth-order valence-electron chi connectivity index (χ4n) is 1.88. The third kappa shape index (κ3) is 3.03. The molecule has 0 aliphatic carbocycles. The van der Waals surface area contributed by atoms with Crippen molar-refractivity contribution in [1.82, 2.24) is 0 Å². The van der Waals surface area contributed by atoms with Crippen molar-refractivity contribution in [3.05, 3.63) is 65.5 Å². The van der Waals surface area contributed by atoms with E-state index in [9.17, 15) is 14.3 Å². The van der Waals surface area contributed by atoms with Crippen LogP contribution in [0.4, 0.5) is 10.1 Å². The van der Waals surface area contributed by atoms with Crippen molar-refractivity contribution in [3.8, 4) is 0 Å². The summed E-state index contributed by atoms with van der Waals surface area (Å²) >= 11 is 0. The van der Waals surface area contributed by atoms with Crippen molar-refractivity contribution in [3.63, 3.8) is 0 Å². The molecule has 0 amide bonds. The second kappa shape index (κ2) is 5.84. The molecular weight excluding hydrogens is 257 g/mol. The van der Waals surface area contributed by atoms with Gasteiger partial charge in [-0.2, -0.15) is 0 Å². The van der Waals surface area contributed by atoms with E-state index in [-0.39, 0.29) is 0 Å². The SMILES string of the molecule is CN(C)c1ccc(C(=O)C(O)c2ccc(F)cc2)cc1. The third-order valence-electron chi connectivity index (χ3n) is 3.10. The maximum Gasteiger partial charge on any atom is 0.195 e. The number of halogens is 1. The van der Waals surface area contributed by atoms with Gasteiger partial charge in [-0.1, -0.05) is 12.1 Å². The number of anilines is 1. The summed E-state index contributed by atoms with van der Waals surface area (Å²) in [7, 11) is 3.81. The molecule has 1 N–H and O–H groups in total. The number of carbonyl (C=O) groups is 1. The van der Waals surface area contributed by atoms with Gasteiger partial charge in [0.2, 0.25) is 0 Å². The van der Waals surface area contributed by atoms with Crippen molar-refractivity contribution in [2.45, 2.75) is 6.10 Å². The van der Waals surface area contributed by atoms with E-state index in [4.69, 9.17) is 0 Å². The van der Waals surface area contributed by atoms with Gasteiger partial charge in [-0.25, -0.2) is 4.39 Å². The smallest absolute Gasteiger partial charge is 0.195 e. The molecule has 3 nitrogen and oxygen atoms in total. The van der Waals surface area contributed by atoms with Gasteiger partial charge < -0.3 is 10.0 Å². The van der Waals surface area contributed by atoms with E-state index in [1.165, 1.54) is 24.3 Å². The van der Waals surface area contributed by atoms with E-state index in [0.717, 1.165) is 5.69 Å². The molecule has 0 fully saturated rings. The van der Waals surface area contributed by atoms with Crippen molar-refractivity contribution in [1.29, 1.82) is 0 Å². The zero-order chi connectivity index (χ0) is 14.7. The minimum Gasteiger partial charge on any atom is -0.380 e. The molecular formula is C16H16FNO2. The summed E-state index contributed by atoms with van der Waals surface area (Å²) in [5.74, 6) is -0.800. The van der Waals surface area contributed by atoms with Crippen LogP contribution < -0.4 is 4.90 Å². The largest absolute Gasteiger partial charge is 0.380 e. The topological polar surface area (TPSA) is 40.5 Å². The van der Waals surface area contributed by atoms with Gasteiger partial charge in [0.05, 0.1) is 0 Å². The van der Waals surface area contributed by atoms with Crippen LogP contribution in [-0.2, 0) is 0 Å². The van der Waals surface area contributed by atoms with Crippen LogP contribution in [0.5, 0.6) is 0 Å². The average Bonchev–Trinajstić information content (AvgIpc) is 2.46. The van der Waals surface area contributed by atoms with E-state index in [1.807, 2.05) is 31.1 Å². The van der Waals surface area contributed by atoms with Crippen LogP contribution >= 0.6 is 0 Å². The van der Waals surface area contributed by atoms with Gasteiger partial charge in [-0.05, 0) is 42.0 Å². The average molecular weight is 273 g/mol. The van der Waals surface area contributed by atoms with Crippen molar-refractivity contribution in [2.75, 3.05) is 19.0 Å². The molecule has 0 radical (unpaired) electrons. The quantitative estimate of drug-likeness (QED) is 0.871. The lowest BCUT2D eigenvalue weighted by atomic mass is 10.00. The first kappa shape index (κ1) is 14.2. The number of carbonyl (C=O) groups excluding carboxylic acids is 1. The number of hydrogen-bond donors (Lipinski definition) is 1. The molecule has 0 aliphatic heterocycles. The Bertz CT molecular complexity index is 591. The van der Waals surface area contributed by atoms with Gasteiger partial charge in [-0.15, -0.1) is 0 Å². The number of Topliss-reactive ketones (excluding diaryl/α,β-unsaturated/α-hetero) is 1. The summed E-state index contributed by atoms with van der Waals surface area (Å²) in [5, 5.41) is 10.0. The van der Waals surface area contributed by atoms with Crippen LogP contribution in [0.25, 0.3) is 0 Å². The highest BCUT2D eigenvalue weighted by Crippen LogP contribution is 2.20. The summed E-state index contributed by atoms with van der Waals surface area (Å²) in [6, 6.07) is 12.2. The molecule has 1 unspecified atom stereocenters. The normalized spacial score (nSPS) is 12.0. The maximum atomic E-state index is 12.8. The monoisotopic (exact) mass is 273 g/mol. The molecule has 0 spiro atoms. The minimum atomic E-state index is -1.28. The minimum absolute atomic E-state index is 0.382. The van der Waals surface area contributed by atoms with Crippen molar-refractivity contribution in [2.24, 2.45) is 0 Å². The Balaban J connectivity index is 2.20. The Hall–Kier alpha value is -2.20. The second-order valence-corrected chi connectivity index (χ2v) is 4.76. The van der Waals surface area contributed by atoms with Gasteiger partial charge >= 0.3 is 0 Å². The van der Waals surface area contributed by atoms with Gasteiger partial charge in [-0.3, -0.25) is 4.79 Å². The molecule has 4 heteroatoms. The molecule has 0 saturated heterocycles. The first-order valence-electron chi connectivity index (χ1n) is 6.24. The maximum absolute atomic E-state index is 12.8. The number of aliphatic hydroxyl groups is 1. The molecule has 0 aliphatic rings. The highest BCUT2D eigenvalue weighted by molar-refractivity contribution is 6.00. The van der Waals surface area contributed by atoms with Crippen LogP contribution in [0.3, 0.4) is 0 Å². The summed E-state index contributed by atoms with van der Waals surface area (Å²) in [5.41, 5.74) is 1.78. The number of aliphatic hydroxyl groups excluding tert-OH is 1. The van der Waals surface area contributed by atoms with Gasteiger partial charge in [0.15, 0.2) is 5.78 Å². The lowest BCUT2D eigenvalue weighted by Crippen LogP contribution is -2.13. The Kier molecular flexibility index (Phi) is 4.15. The van der Waals surface area contributed by atoms with Crippen LogP contribution in [0, 0.1) is 5.82 Å². The van der Waals surface area contributed by atoms with Crippen molar-refractivity contribution >= 4 is 11.5 Å². The summed E-state index contributed by atoms with van der Waals surface area (Å²) in [4.78, 5) is 14.1. The first-order valence-corrected chi connectivity index (χ1v) is 6.24. The molecule has 20 heavy (non-hydrogen) atoms. The summed E-state index contributed by atoms with van der Waals surface area (Å²) in [6.45, 7) is 0. The molecule has 0 heterocycles. The molecule has 0 saturated carbocycles. The zero-order valence-electron chi connectivity index (χ0n) is 11.4. The van der Waals surface area contributed by atoms with Gasteiger partial charge in [0.1, 0.15) is 11.9 Å². The molecule has 0 bridgehead atoms. The summed E-state index contributed by atoms with van der Waals surface area (Å²) < 4.78 is 12.8. The molecule has 104 valence electrons. The third-order valence-corrected chi connectivity index (χ3v) is 3.10. The van der Waals surface area contributed by atoms with Gasteiger partial charge in [0.25, 0.3) is 0 Å². The van der Waals surface area contributed by atoms with Crippen LogP contribution in [0.1, 0.15) is 22.0 Å². The molecule has 2 aromatic carbocycles. The highest BCUT2D eigenvalue weighted by Gasteiger charge is 2.19. The fourth-order valence-corrected chi connectivity index (χ4v) is 1.88. The molecule has 1 atom stereocenters. The fraction of sp³-hybridized carbons (Fsp3) is 0.188. The Morgan fingerprint density at radius 3 is 2.10 bits per heavy atom. The molecule has 2 rings (SSSR count). The zero-order valence-corrected chi connectivity index (χ0v) is 11.4. The Morgan fingerprint density at radius 1 is 1.05 bits per heavy atom. The Morgan fingerprint density at radius 2 is 1.60 bits per heavy atom. The first-order chi connectivity index (χ1) is 9.49. The standard InChI is InChI=1S/C16H16FNO2/c1-18(2)14-9-5-12(6-10-14)16(20)15(19)11-3-7-13(17)8-4-11/h3-10,15,19H,1-2H3. The highest BCUT2D eigenvalue weighted by atomic mass is 19.1. The van der Waals surface area contributed by atoms with Crippen LogP contribution in [0.2, 0.25) is 0 Å². The summed E-state index contributed by atoms with van der Waals surface area (Å²) in [6.07, 6.45) is -1.28. The van der Waals surface area contributed by atoms with E-state index in [0.29, 0.717) is 11.1 Å². The predicted molar refractivity (Wildman–Crippen MR) is 76.5 cm³/mol. The molecule has 2 aromatic rings. The van der Waals surface area contributed by atoms with Gasteiger partial charge in [0, 0.05) is 25.3 Å². The van der Waals surface area contributed by atoms with E-state index in [2.05, 4.69) is 0 Å². The molecule has 0 aromatic heterocycles. The lowest BCUT2D eigenvalue weighted by Gasteiger charge is -2.14. The van der Waals surface area contributed by atoms with Crippen LogP contribution in [-0.4, -0.2) is 25.0 Å². The predicted octanol–water partition coefficient (Wildman–Crippen LogP) is 2.81. The van der Waals surface area contributed by atoms with E-state index >= 15 is 0 Å². The number of ketones is 1. The van der Waals surface area contributed by atoms with E-state index in [1.54, 1.807) is 12.1 Å². The Labute approximate surface area is 117 Å². The number of hydrogen-bond acceptors (Lipinski definition) is 3. The number of nitrogens with zero attached hydrogens (tertiary/aromatic N) is 1. The second-order valence-electron chi connectivity index (χ2n) is 4.76. The lowest BCUT2D eigenvalue weighted by molar-refractivity contribution is 0.0747. The van der Waals surface area contributed by atoms with E-state index < -0.39 is 17.7 Å².